The summed E-state index contributed by atoms with van der Waals surface area (Å²) in [6, 6.07) is 6.67. The zero-order valence-corrected chi connectivity index (χ0v) is 13.7. The predicted octanol–water partition coefficient (Wildman–Crippen LogP) is 2.46. The van der Waals surface area contributed by atoms with Gasteiger partial charge >= 0.3 is 5.97 Å². The Hall–Kier alpha value is -2.03. The van der Waals surface area contributed by atoms with E-state index in [9.17, 15) is 22.8 Å². The van der Waals surface area contributed by atoms with Crippen LogP contribution < -0.4 is 0 Å². The van der Waals surface area contributed by atoms with Crippen LogP contribution in [-0.2, 0) is 19.4 Å². The lowest BCUT2D eigenvalue weighted by molar-refractivity contribution is -0.148. The van der Waals surface area contributed by atoms with E-state index in [-0.39, 0.29) is 14.7 Å². The van der Waals surface area contributed by atoms with Crippen molar-refractivity contribution in [1.82, 2.24) is 0 Å². The molecule has 0 atom stereocenters. The number of benzene rings is 1. The van der Waals surface area contributed by atoms with Gasteiger partial charge in [0.05, 0.1) is 21.1 Å². The van der Waals surface area contributed by atoms with E-state index >= 15 is 0 Å². The van der Waals surface area contributed by atoms with Crippen LogP contribution in [0.3, 0.4) is 0 Å². The van der Waals surface area contributed by atoms with Gasteiger partial charge in [0.25, 0.3) is 0 Å². The third-order valence-corrected chi connectivity index (χ3v) is 5.97. The van der Waals surface area contributed by atoms with Crippen molar-refractivity contribution in [3.63, 3.8) is 0 Å². The van der Waals surface area contributed by atoms with E-state index in [4.69, 9.17) is 16.7 Å². The summed E-state index contributed by atoms with van der Waals surface area (Å²) in [5.41, 5.74) is 0. The molecule has 1 heterocycles. The number of hydrogen-bond acceptors (Lipinski definition) is 6. The number of halogens is 1. The Morgan fingerprint density at radius 1 is 1.09 bits per heavy atom. The number of Topliss-reactive ketones (excluding diaryl/α,β-unsaturated/α-hetero) is 2. The Balaban J connectivity index is 2.28. The van der Waals surface area contributed by atoms with Gasteiger partial charge in [-0.2, -0.15) is 0 Å². The Kier molecular flexibility index (Phi) is 4.98. The molecule has 1 aromatic heterocycles. The van der Waals surface area contributed by atoms with E-state index in [2.05, 4.69) is 0 Å². The number of thiophene rings is 1. The molecule has 9 heteroatoms. The van der Waals surface area contributed by atoms with Gasteiger partial charge in [-0.3, -0.25) is 9.59 Å². The minimum Gasteiger partial charge on any atom is -0.475 e. The number of aliphatic carboxylic acids is 1. The summed E-state index contributed by atoms with van der Waals surface area (Å²) >= 11 is 6.55. The number of carbonyl (C=O) groups is 3. The molecule has 0 amide bonds. The fourth-order valence-corrected chi connectivity index (χ4v) is 4.27. The van der Waals surface area contributed by atoms with Gasteiger partial charge < -0.3 is 5.11 Å². The second-order valence-corrected chi connectivity index (χ2v) is 7.73. The molecule has 0 spiro atoms. The Morgan fingerprint density at radius 2 is 1.70 bits per heavy atom. The van der Waals surface area contributed by atoms with Crippen molar-refractivity contribution < 1.29 is 27.9 Å². The van der Waals surface area contributed by atoms with Gasteiger partial charge in [0, 0.05) is 10.4 Å². The normalized spacial score (nSPS) is 11.2. The first-order chi connectivity index (χ1) is 10.7. The fraction of sp³-hybridized carbons (Fsp3) is 0.0714. The second-order valence-electron chi connectivity index (χ2n) is 4.43. The van der Waals surface area contributed by atoms with Crippen molar-refractivity contribution >= 4 is 50.3 Å². The standard InChI is InChI=1S/C14H9ClO6S2/c15-8-1-3-9(4-2-8)23(20,21)10-5-13(22-7-10)11(16)6-12(17)14(18)19/h1-5,7H,6H2,(H,18,19). The average molecular weight is 373 g/mol. The van der Waals surface area contributed by atoms with Crippen LogP contribution in [-0.4, -0.2) is 31.1 Å². The first-order valence-corrected chi connectivity index (χ1v) is 8.84. The predicted molar refractivity (Wildman–Crippen MR) is 82.8 cm³/mol. The van der Waals surface area contributed by atoms with E-state index < -0.39 is 33.8 Å². The highest BCUT2D eigenvalue weighted by Crippen LogP contribution is 2.27. The molecule has 0 aliphatic rings. The molecule has 120 valence electrons. The number of ketones is 2. The lowest BCUT2D eigenvalue weighted by Crippen LogP contribution is -2.16. The van der Waals surface area contributed by atoms with Gasteiger partial charge in [-0.25, -0.2) is 13.2 Å². The van der Waals surface area contributed by atoms with Gasteiger partial charge in [0.1, 0.15) is 0 Å². The Morgan fingerprint density at radius 3 is 2.26 bits per heavy atom. The lowest BCUT2D eigenvalue weighted by Gasteiger charge is -2.01. The largest absolute Gasteiger partial charge is 0.475 e. The number of carboxylic acids is 1. The van der Waals surface area contributed by atoms with Crippen molar-refractivity contribution in [1.29, 1.82) is 0 Å². The molecule has 0 aliphatic carbocycles. The second kappa shape index (κ2) is 6.61. The van der Waals surface area contributed by atoms with Crippen LogP contribution in [0.4, 0.5) is 0 Å². The van der Waals surface area contributed by atoms with E-state index in [1.165, 1.54) is 29.6 Å². The van der Waals surface area contributed by atoms with Crippen LogP contribution in [0.5, 0.6) is 0 Å². The van der Waals surface area contributed by atoms with Crippen LogP contribution >= 0.6 is 22.9 Å². The van der Waals surface area contributed by atoms with Crippen molar-refractivity contribution in [3.05, 3.63) is 45.6 Å². The van der Waals surface area contributed by atoms with Crippen molar-refractivity contribution in [2.24, 2.45) is 0 Å². The average Bonchev–Trinajstić information content (AvgIpc) is 2.98. The zero-order valence-electron chi connectivity index (χ0n) is 11.4. The molecule has 1 N–H and O–H groups in total. The molecular formula is C14H9ClO6S2. The van der Waals surface area contributed by atoms with E-state index in [0.29, 0.717) is 5.02 Å². The van der Waals surface area contributed by atoms with Crippen LogP contribution in [0.15, 0.2) is 45.5 Å². The maximum absolute atomic E-state index is 12.4. The topological polar surface area (TPSA) is 106 Å². The lowest BCUT2D eigenvalue weighted by atomic mass is 10.2. The Bertz CT molecular complexity index is 880. The molecule has 0 radical (unpaired) electrons. The van der Waals surface area contributed by atoms with E-state index in [0.717, 1.165) is 17.4 Å². The van der Waals surface area contributed by atoms with Gasteiger partial charge in [-0.05, 0) is 30.3 Å². The van der Waals surface area contributed by atoms with Crippen molar-refractivity contribution in [2.45, 2.75) is 16.2 Å². The summed E-state index contributed by atoms with van der Waals surface area (Å²) in [4.78, 5) is 33.2. The smallest absolute Gasteiger partial charge is 0.372 e. The van der Waals surface area contributed by atoms with Gasteiger partial charge in [-0.1, -0.05) is 11.6 Å². The van der Waals surface area contributed by atoms with Crippen molar-refractivity contribution in [2.75, 3.05) is 0 Å². The fourth-order valence-electron chi connectivity index (χ4n) is 1.66. The molecule has 6 nitrogen and oxygen atoms in total. The number of sulfone groups is 1. The summed E-state index contributed by atoms with van der Waals surface area (Å²) in [5, 5.41) is 10.1. The molecular weight excluding hydrogens is 364 g/mol. The van der Waals surface area contributed by atoms with Gasteiger partial charge in [-0.15, -0.1) is 11.3 Å². The van der Waals surface area contributed by atoms with Crippen LogP contribution in [0.1, 0.15) is 16.1 Å². The molecule has 2 aromatic rings. The highest BCUT2D eigenvalue weighted by Gasteiger charge is 2.23. The minimum atomic E-state index is -3.81. The number of carboxylic acid groups (broad SMARTS) is 1. The highest BCUT2D eigenvalue weighted by molar-refractivity contribution is 7.91. The quantitative estimate of drug-likeness (QED) is 0.474. The van der Waals surface area contributed by atoms with Crippen LogP contribution in [0.25, 0.3) is 0 Å². The summed E-state index contributed by atoms with van der Waals surface area (Å²) in [6.07, 6.45) is -0.809. The number of hydrogen-bond donors (Lipinski definition) is 1. The highest BCUT2D eigenvalue weighted by atomic mass is 35.5. The van der Waals surface area contributed by atoms with E-state index in [1.807, 2.05) is 0 Å². The van der Waals surface area contributed by atoms with Crippen LogP contribution in [0.2, 0.25) is 5.02 Å². The first-order valence-electron chi connectivity index (χ1n) is 6.10. The first kappa shape index (κ1) is 17.3. The van der Waals surface area contributed by atoms with Gasteiger partial charge in [0.2, 0.25) is 15.6 Å². The zero-order chi connectivity index (χ0) is 17.2. The Labute approximate surface area is 140 Å². The molecule has 1 aromatic carbocycles. The summed E-state index contributed by atoms with van der Waals surface area (Å²) < 4.78 is 24.8. The molecule has 0 bridgehead atoms. The SMILES string of the molecule is O=C(O)C(=O)CC(=O)c1cc(S(=O)(=O)c2ccc(Cl)cc2)cs1. The molecule has 0 saturated heterocycles. The molecule has 0 aliphatic heterocycles. The van der Waals surface area contributed by atoms with Crippen molar-refractivity contribution in [3.8, 4) is 0 Å². The molecule has 0 fully saturated rings. The third-order valence-electron chi connectivity index (χ3n) is 2.84. The third kappa shape index (κ3) is 3.84. The molecule has 0 saturated carbocycles. The molecule has 23 heavy (non-hydrogen) atoms. The molecule has 2 rings (SSSR count). The van der Waals surface area contributed by atoms with Crippen LogP contribution in [0, 0.1) is 0 Å². The summed E-state index contributed by atoms with van der Waals surface area (Å²) in [6.45, 7) is 0. The maximum atomic E-state index is 12.4. The monoisotopic (exact) mass is 372 g/mol. The number of rotatable bonds is 6. The molecule has 0 unspecified atom stereocenters. The van der Waals surface area contributed by atoms with E-state index in [1.54, 1.807) is 0 Å². The summed E-state index contributed by atoms with van der Waals surface area (Å²) in [7, 11) is -3.81. The number of carbonyl (C=O) groups excluding carboxylic acids is 2. The maximum Gasteiger partial charge on any atom is 0.372 e. The summed E-state index contributed by atoms with van der Waals surface area (Å²) in [5.74, 6) is -3.69. The van der Waals surface area contributed by atoms with Gasteiger partial charge in [0.15, 0.2) is 5.78 Å². The minimum absolute atomic E-state index is 0.00661.